The van der Waals surface area contributed by atoms with Gasteiger partial charge in [-0.3, -0.25) is 0 Å². The lowest BCUT2D eigenvalue weighted by Gasteiger charge is -2.32. The van der Waals surface area contributed by atoms with E-state index in [0.717, 1.165) is 17.5 Å². The molecule has 0 spiro atoms. The molecule has 0 aliphatic rings. The molecule has 20 heavy (non-hydrogen) atoms. The van der Waals surface area contributed by atoms with Crippen LogP contribution in [0.15, 0.2) is 18.2 Å². The van der Waals surface area contributed by atoms with Gasteiger partial charge in [-0.2, -0.15) is 0 Å². The van der Waals surface area contributed by atoms with Gasteiger partial charge in [-0.05, 0) is 44.9 Å². The van der Waals surface area contributed by atoms with Gasteiger partial charge >= 0.3 is 0 Å². The Hall–Kier alpha value is -1.59. The summed E-state index contributed by atoms with van der Waals surface area (Å²) in [6.07, 6.45) is 0.774. The zero-order valence-corrected chi connectivity index (χ0v) is 12.3. The number of anilines is 1. The van der Waals surface area contributed by atoms with Crippen LogP contribution in [0.2, 0.25) is 0 Å². The van der Waals surface area contributed by atoms with E-state index < -0.39 is 6.10 Å². The smallest absolute Gasteiger partial charge is 0.139 e. The van der Waals surface area contributed by atoms with Gasteiger partial charge in [-0.15, -0.1) is 0 Å². The first-order valence-electron chi connectivity index (χ1n) is 7.00. The number of imidazole rings is 1. The maximum Gasteiger partial charge on any atom is 0.139 e. The Morgan fingerprint density at radius 1 is 1.45 bits per heavy atom. The molecule has 1 aromatic heterocycles. The van der Waals surface area contributed by atoms with Gasteiger partial charge in [0.1, 0.15) is 11.9 Å². The normalized spacial score (nSPS) is 16.2. The largest absolute Gasteiger partial charge is 0.399 e. The maximum absolute atomic E-state index is 10.0. The number of nitrogen functional groups attached to an aromatic ring is 1. The molecule has 5 nitrogen and oxygen atoms in total. The number of hydrogen-bond donors (Lipinski definition) is 3. The Morgan fingerprint density at radius 2 is 2.15 bits per heavy atom. The van der Waals surface area contributed by atoms with Crippen molar-refractivity contribution in [1.82, 2.24) is 9.55 Å². The van der Waals surface area contributed by atoms with E-state index in [0.29, 0.717) is 17.9 Å². The third-order valence-corrected chi connectivity index (χ3v) is 4.03. The highest BCUT2D eigenvalue weighted by atomic mass is 16.3. The van der Waals surface area contributed by atoms with Crippen LogP contribution in [-0.2, 0) is 5.54 Å². The third-order valence-electron chi connectivity index (χ3n) is 4.03. The van der Waals surface area contributed by atoms with E-state index >= 15 is 0 Å². The Bertz CT molecular complexity index is 606. The molecule has 0 aliphatic carbocycles. The van der Waals surface area contributed by atoms with E-state index in [4.69, 9.17) is 5.73 Å². The Labute approximate surface area is 119 Å². The van der Waals surface area contributed by atoms with Crippen LogP contribution in [0, 0.1) is 0 Å². The summed E-state index contributed by atoms with van der Waals surface area (Å²) in [6, 6.07) is 5.57. The lowest BCUT2D eigenvalue weighted by Crippen LogP contribution is -2.32. The molecule has 0 aliphatic heterocycles. The van der Waals surface area contributed by atoms with Crippen LogP contribution in [0.1, 0.15) is 45.5 Å². The number of fused-ring (bicyclic) bond motifs is 1. The Kier molecular flexibility index (Phi) is 4.01. The fourth-order valence-electron chi connectivity index (χ4n) is 2.65. The van der Waals surface area contributed by atoms with Crippen LogP contribution in [0.5, 0.6) is 0 Å². The number of nitrogens with two attached hydrogens (primary N) is 1. The molecule has 2 aromatic rings. The number of nitrogens with zero attached hydrogens (tertiary/aromatic N) is 2. The second kappa shape index (κ2) is 5.42. The summed E-state index contributed by atoms with van der Waals surface area (Å²) in [5.41, 5.74) is 7.89. The molecule has 1 aromatic carbocycles. The van der Waals surface area contributed by atoms with Crippen molar-refractivity contribution in [3.8, 4) is 0 Å². The van der Waals surface area contributed by atoms with Crippen LogP contribution in [0.25, 0.3) is 11.0 Å². The number of rotatable bonds is 5. The Balaban J connectivity index is 2.74. The van der Waals surface area contributed by atoms with E-state index in [1.807, 2.05) is 22.8 Å². The van der Waals surface area contributed by atoms with Gasteiger partial charge in [0.05, 0.1) is 11.0 Å². The lowest BCUT2D eigenvalue weighted by molar-refractivity contribution is 0.153. The zero-order chi connectivity index (χ0) is 14.9. The quantitative estimate of drug-likeness (QED) is 0.731. The first kappa shape index (κ1) is 14.8. The highest BCUT2D eigenvalue weighted by Gasteiger charge is 2.30. The van der Waals surface area contributed by atoms with Crippen molar-refractivity contribution in [3.63, 3.8) is 0 Å². The second-order valence-electron chi connectivity index (χ2n) is 5.55. The fraction of sp³-hybridized carbons (Fsp3) is 0.533. The van der Waals surface area contributed by atoms with Gasteiger partial charge in [0.25, 0.3) is 0 Å². The topological polar surface area (TPSA) is 84.3 Å². The number of benzene rings is 1. The van der Waals surface area contributed by atoms with Crippen molar-refractivity contribution >= 4 is 16.7 Å². The van der Waals surface area contributed by atoms with Gasteiger partial charge in [0.15, 0.2) is 0 Å². The minimum atomic E-state index is -0.673. The highest BCUT2D eigenvalue weighted by molar-refractivity contribution is 5.80. The standard InChI is InChI=1S/C15H23N3O2/c1-4-15(3,7-8-19)18-13-6-5-11(16)9-12(13)17-14(18)10(2)20/h5-6,9-10,19-20H,4,7-8,16H2,1-3H3. The third kappa shape index (κ3) is 2.39. The summed E-state index contributed by atoms with van der Waals surface area (Å²) in [5, 5.41) is 19.4. The molecule has 2 unspecified atom stereocenters. The SMILES string of the molecule is CCC(C)(CCO)n1c(C(C)O)nc2cc(N)ccc21. The zero-order valence-electron chi connectivity index (χ0n) is 12.3. The summed E-state index contributed by atoms with van der Waals surface area (Å²) in [5.74, 6) is 0.614. The number of hydrogen-bond acceptors (Lipinski definition) is 4. The minimum absolute atomic E-state index is 0.0955. The van der Waals surface area contributed by atoms with Crippen LogP contribution in [0.3, 0.4) is 0 Å². The highest BCUT2D eigenvalue weighted by Crippen LogP contribution is 2.33. The molecular formula is C15H23N3O2. The monoisotopic (exact) mass is 277 g/mol. The molecule has 0 amide bonds. The van der Waals surface area contributed by atoms with E-state index in [2.05, 4.69) is 18.8 Å². The molecule has 1 heterocycles. The maximum atomic E-state index is 10.0. The van der Waals surface area contributed by atoms with Gasteiger partial charge in [-0.1, -0.05) is 6.92 Å². The van der Waals surface area contributed by atoms with Crippen molar-refractivity contribution < 1.29 is 10.2 Å². The molecule has 2 rings (SSSR count). The predicted molar refractivity (Wildman–Crippen MR) is 80.4 cm³/mol. The van der Waals surface area contributed by atoms with Crippen molar-refractivity contribution in [3.05, 3.63) is 24.0 Å². The van der Waals surface area contributed by atoms with Gasteiger partial charge in [-0.25, -0.2) is 4.98 Å². The molecule has 4 N–H and O–H groups in total. The van der Waals surface area contributed by atoms with Crippen molar-refractivity contribution in [2.24, 2.45) is 0 Å². The van der Waals surface area contributed by atoms with Crippen LogP contribution >= 0.6 is 0 Å². The van der Waals surface area contributed by atoms with Crippen molar-refractivity contribution in [1.29, 1.82) is 0 Å². The summed E-state index contributed by atoms with van der Waals surface area (Å²) < 4.78 is 2.04. The second-order valence-corrected chi connectivity index (χ2v) is 5.55. The lowest BCUT2D eigenvalue weighted by atomic mass is 9.93. The average molecular weight is 277 g/mol. The molecule has 110 valence electrons. The van der Waals surface area contributed by atoms with Crippen LogP contribution < -0.4 is 5.73 Å². The molecule has 0 fully saturated rings. The Morgan fingerprint density at radius 3 is 2.70 bits per heavy atom. The van der Waals surface area contributed by atoms with Gasteiger partial charge in [0.2, 0.25) is 0 Å². The average Bonchev–Trinajstić information content (AvgIpc) is 2.78. The molecule has 0 radical (unpaired) electrons. The summed E-state index contributed by atoms with van der Waals surface area (Å²) in [7, 11) is 0. The fourth-order valence-corrected chi connectivity index (χ4v) is 2.65. The van der Waals surface area contributed by atoms with Gasteiger partial charge < -0.3 is 20.5 Å². The molecule has 0 saturated carbocycles. The first-order valence-corrected chi connectivity index (χ1v) is 7.00. The van der Waals surface area contributed by atoms with E-state index in [-0.39, 0.29) is 12.1 Å². The number of aliphatic hydroxyl groups excluding tert-OH is 2. The predicted octanol–water partition coefficient (Wildman–Crippen LogP) is 2.18. The summed E-state index contributed by atoms with van der Waals surface area (Å²) in [6.45, 7) is 5.95. The molecule has 5 heteroatoms. The first-order chi connectivity index (χ1) is 9.42. The van der Waals surface area contributed by atoms with Crippen LogP contribution in [-0.4, -0.2) is 26.4 Å². The van der Waals surface area contributed by atoms with E-state index in [1.54, 1.807) is 6.92 Å². The van der Waals surface area contributed by atoms with Crippen LogP contribution in [0.4, 0.5) is 5.69 Å². The molecule has 0 bridgehead atoms. The van der Waals surface area contributed by atoms with Gasteiger partial charge in [0, 0.05) is 17.8 Å². The molecule has 0 saturated heterocycles. The number of aromatic nitrogens is 2. The van der Waals surface area contributed by atoms with E-state index in [9.17, 15) is 10.2 Å². The summed E-state index contributed by atoms with van der Waals surface area (Å²) >= 11 is 0. The molecule has 2 atom stereocenters. The number of aliphatic hydroxyl groups is 2. The van der Waals surface area contributed by atoms with E-state index in [1.165, 1.54) is 0 Å². The molecular weight excluding hydrogens is 254 g/mol. The summed E-state index contributed by atoms with van der Waals surface area (Å²) in [4.78, 5) is 4.52. The minimum Gasteiger partial charge on any atom is -0.399 e. The van der Waals surface area contributed by atoms with Crippen molar-refractivity contribution in [2.45, 2.75) is 45.3 Å². The van der Waals surface area contributed by atoms with Crippen molar-refractivity contribution in [2.75, 3.05) is 12.3 Å².